The van der Waals surface area contributed by atoms with Gasteiger partial charge in [0.1, 0.15) is 12.6 Å². The number of hydrogen-bond acceptors (Lipinski definition) is 4. The highest BCUT2D eigenvalue weighted by atomic mass is 16.5. The topological polar surface area (TPSA) is 95.9 Å². The van der Waals surface area contributed by atoms with Gasteiger partial charge in [0, 0.05) is 25.4 Å². The van der Waals surface area contributed by atoms with Crippen molar-refractivity contribution in [3.63, 3.8) is 0 Å². The summed E-state index contributed by atoms with van der Waals surface area (Å²) in [6.45, 7) is 2.00. The first-order chi connectivity index (χ1) is 16.4. The van der Waals surface area contributed by atoms with Gasteiger partial charge in [0.05, 0.1) is 0 Å². The smallest absolute Gasteiger partial charge is 0.407 e. The predicted octanol–water partition coefficient (Wildman–Crippen LogP) is 4.41. The van der Waals surface area contributed by atoms with Crippen molar-refractivity contribution in [1.29, 1.82) is 0 Å². The Kier molecular flexibility index (Phi) is 7.20. The number of alkyl carbamates (subject to hydrolysis) is 1. The number of carbonyl (C=O) groups is 3. The van der Waals surface area contributed by atoms with Gasteiger partial charge in [-0.05, 0) is 47.4 Å². The fourth-order valence-corrected chi connectivity index (χ4v) is 5.42. The number of hydrogen-bond donors (Lipinski definition) is 2. The summed E-state index contributed by atoms with van der Waals surface area (Å²) in [6.07, 6.45) is 2.60. The van der Waals surface area contributed by atoms with E-state index in [-0.39, 0.29) is 36.8 Å². The molecule has 0 aliphatic heterocycles. The molecule has 2 aromatic rings. The molecule has 0 saturated heterocycles. The maximum Gasteiger partial charge on any atom is 0.407 e. The molecule has 4 rings (SSSR count). The molecule has 1 unspecified atom stereocenters. The Morgan fingerprint density at radius 3 is 2.26 bits per heavy atom. The van der Waals surface area contributed by atoms with Gasteiger partial charge in [-0.25, -0.2) is 9.59 Å². The molecule has 0 bridgehead atoms. The van der Waals surface area contributed by atoms with Crippen molar-refractivity contribution in [2.75, 3.05) is 13.7 Å². The lowest BCUT2D eigenvalue weighted by atomic mass is 9.98. The lowest BCUT2D eigenvalue weighted by Crippen LogP contribution is -2.44. The van der Waals surface area contributed by atoms with E-state index >= 15 is 0 Å². The average Bonchev–Trinajstić information content (AvgIpc) is 3.39. The molecule has 1 fully saturated rings. The van der Waals surface area contributed by atoms with Crippen molar-refractivity contribution >= 4 is 18.0 Å². The van der Waals surface area contributed by atoms with Crippen molar-refractivity contribution in [3.8, 4) is 11.1 Å². The Morgan fingerprint density at radius 2 is 1.68 bits per heavy atom. The molecule has 180 valence electrons. The molecule has 2 N–H and O–H groups in total. The zero-order valence-electron chi connectivity index (χ0n) is 19.7. The molecule has 0 radical (unpaired) electrons. The fraction of sp³-hybridized carbons (Fsp3) is 0.444. The van der Waals surface area contributed by atoms with Crippen LogP contribution in [0.1, 0.15) is 56.1 Å². The fourth-order valence-electron chi connectivity index (χ4n) is 5.42. The van der Waals surface area contributed by atoms with Gasteiger partial charge in [-0.2, -0.15) is 0 Å². The monoisotopic (exact) mass is 464 g/mol. The highest BCUT2D eigenvalue weighted by Crippen LogP contribution is 2.44. The summed E-state index contributed by atoms with van der Waals surface area (Å²) in [6, 6.07) is 15.4. The Hall–Kier alpha value is -3.35. The summed E-state index contributed by atoms with van der Waals surface area (Å²) in [7, 11) is 1.54. The highest BCUT2D eigenvalue weighted by Gasteiger charge is 2.34. The summed E-state index contributed by atoms with van der Waals surface area (Å²) in [5.74, 6) is -1.24. The Morgan fingerprint density at radius 1 is 1.06 bits per heavy atom. The molecule has 0 spiro atoms. The number of carboxylic acid groups (broad SMARTS) is 1. The number of rotatable bonds is 8. The first kappa shape index (κ1) is 23.8. The molecule has 2 aliphatic rings. The van der Waals surface area contributed by atoms with Gasteiger partial charge in [0.2, 0.25) is 5.91 Å². The molecule has 7 heteroatoms. The molecule has 34 heavy (non-hydrogen) atoms. The first-order valence-electron chi connectivity index (χ1n) is 12.0. The van der Waals surface area contributed by atoms with Crippen LogP contribution in [0, 0.1) is 5.92 Å². The normalized spacial score (nSPS) is 19.7. The number of carbonyl (C=O) groups excluding carboxylic acids is 2. The van der Waals surface area contributed by atoms with E-state index in [1.54, 1.807) is 6.92 Å². The van der Waals surface area contributed by atoms with Crippen LogP contribution in [0.15, 0.2) is 48.5 Å². The molecule has 1 saturated carbocycles. The van der Waals surface area contributed by atoms with Crippen LogP contribution in [0.25, 0.3) is 11.1 Å². The van der Waals surface area contributed by atoms with Crippen molar-refractivity contribution in [3.05, 3.63) is 59.7 Å². The Bertz CT molecular complexity index is 1020. The third-order valence-electron chi connectivity index (χ3n) is 7.28. The van der Waals surface area contributed by atoms with Crippen molar-refractivity contribution in [2.24, 2.45) is 5.92 Å². The van der Waals surface area contributed by atoms with Gasteiger partial charge < -0.3 is 20.1 Å². The van der Waals surface area contributed by atoms with E-state index in [0.29, 0.717) is 6.42 Å². The van der Waals surface area contributed by atoms with Gasteiger partial charge in [-0.3, -0.25) is 4.79 Å². The first-order valence-corrected chi connectivity index (χ1v) is 12.0. The largest absolute Gasteiger partial charge is 0.480 e. The number of fused-ring (bicyclic) bond motifs is 3. The van der Waals surface area contributed by atoms with Crippen molar-refractivity contribution in [1.82, 2.24) is 10.2 Å². The molecule has 2 aromatic carbocycles. The number of aliphatic carboxylic acids is 1. The molecule has 0 aromatic heterocycles. The standard InChI is InChI=1S/C27H32N2O5/c1-3-24(26(31)32)29(2)25(30)15-17-9-8-14-23(17)28-27(33)34-16-22-20-12-6-4-10-18(20)19-11-5-7-13-21(19)22/h4-7,10-13,17,22-24H,3,8-9,14-16H2,1-2H3,(H,28,33)(H,31,32)/t17-,23+,24?/m0/s1. The molecular formula is C27H32N2O5. The predicted molar refractivity (Wildman–Crippen MR) is 128 cm³/mol. The second kappa shape index (κ2) is 10.3. The van der Waals surface area contributed by atoms with E-state index in [9.17, 15) is 19.5 Å². The number of amides is 2. The van der Waals surface area contributed by atoms with Gasteiger partial charge in [-0.1, -0.05) is 61.9 Å². The number of nitrogens with one attached hydrogen (secondary N) is 1. The summed E-state index contributed by atoms with van der Waals surface area (Å²) < 4.78 is 5.67. The van der Waals surface area contributed by atoms with E-state index in [0.717, 1.165) is 30.4 Å². The maximum atomic E-state index is 12.7. The van der Waals surface area contributed by atoms with E-state index in [4.69, 9.17) is 4.74 Å². The number of nitrogens with zero attached hydrogens (tertiary/aromatic N) is 1. The van der Waals surface area contributed by atoms with E-state index in [2.05, 4.69) is 29.6 Å². The van der Waals surface area contributed by atoms with Crippen molar-refractivity contribution < 1.29 is 24.2 Å². The number of likely N-dealkylation sites (N-methyl/N-ethyl adjacent to an activating group) is 1. The van der Waals surface area contributed by atoms with Crippen LogP contribution in [0.4, 0.5) is 4.79 Å². The van der Waals surface area contributed by atoms with Crippen LogP contribution >= 0.6 is 0 Å². The van der Waals surface area contributed by atoms with Crippen LogP contribution in [-0.4, -0.2) is 53.7 Å². The highest BCUT2D eigenvalue weighted by molar-refractivity contribution is 5.83. The number of carboxylic acids is 1. The van der Waals surface area contributed by atoms with Gasteiger partial charge >= 0.3 is 12.1 Å². The summed E-state index contributed by atoms with van der Waals surface area (Å²) >= 11 is 0. The Labute approximate surface area is 200 Å². The summed E-state index contributed by atoms with van der Waals surface area (Å²) in [5.41, 5.74) is 4.68. The lowest BCUT2D eigenvalue weighted by Gasteiger charge is -2.27. The van der Waals surface area contributed by atoms with E-state index in [1.807, 2.05) is 24.3 Å². The SMILES string of the molecule is CCC(C(=O)O)N(C)C(=O)C[C@@H]1CCC[C@H]1NC(=O)OCC1c2ccccc2-c2ccccc21. The van der Waals surface area contributed by atoms with Gasteiger partial charge in [-0.15, -0.1) is 0 Å². The summed E-state index contributed by atoms with van der Waals surface area (Å²) in [5, 5.41) is 12.3. The zero-order valence-corrected chi connectivity index (χ0v) is 19.7. The average molecular weight is 465 g/mol. The van der Waals surface area contributed by atoms with Crippen LogP contribution in [0.3, 0.4) is 0 Å². The van der Waals surface area contributed by atoms with Crippen LogP contribution in [-0.2, 0) is 14.3 Å². The third-order valence-corrected chi connectivity index (χ3v) is 7.28. The molecule has 2 amide bonds. The lowest BCUT2D eigenvalue weighted by molar-refractivity contribution is -0.149. The number of benzene rings is 2. The number of ether oxygens (including phenoxy) is 1. The molecular weight excluding hydrogens is 432 g/mol. The van der Waals surface area contributed by atoms with Crippen LogP contribution < -0.4 is 5.32 Å². The van der Waals surface area contributed by atoms with Crippen LogP contribution in [0.2, 0.25) is 0 Å². The Balaban J connectivity index is 1.34. The van der Waals surface area contributed by atoms with Crippen LogP contribution in [0.5, 0.6) is 0 Å². The van der Waals surface area contributed by atoms with E-state index in [1.165, 1.54) is 23.1 Å². The quantitative estimate of drug-likeness (QED) is 0.604. The minimum Gasteiger partial charge on any atom is -0.480 e. The second-order valence-corrected chi connectivity index (χ2v) is 9.24. The van der Waals surface area contributed by atoms with Gasteiger partial charge in [0.15, 0.2) is 0 Å². The molecule has 0 heterocycles. The molecule has 3 atom stereocenters. The third kappa shape index (κ3) is 4.79. The minimum absolute atomic E-state index is 0.00486. The second-order valence-electron chi connectivity index (χ2n) is 9.24. The van der Waals surface area contributed by atoms with E-state index < -0.39 is 18.1 Å². The molecule has 2 aliphatic carbocycles. The zero-order chi connectivity index (χ0) is 24.2. The van der Waals surface area contributed by atoms with Crippen molar-refractivity contribution in [2.45, 2.75) is 57.0 Å². The maximum absolute atomic E-state index is 12.7. The van der Waals surface area contributed by atoms with Gasteiger partial charge in [0.25, 0.3) is 0 Å². The molecule has 7 nitrogen and oxygen atoms in total. The summed E-state index contributed by atoms with van der Waals surface area (Å²) in [4.78, 5) is 38.1. The minimum atomic E-state index is -1.00.